The number of benzene rings is 1. The van der Waals surface area contributed by atoms with Crippen LogP contribution in [-0.4, -0.2) is 28.2 Å². The molecular weight excluding hydrogens is 283 g/mol. The minimum atomic E-state index is -2.60. The van der Waals surface area contributed by atoms with E-state index in [0.717, 1.165) is 0 Å². The fraction of sp³-hybridized carbons (Fsp3) is 0.429. The zero-order chi connectivity index (χ0) is 15.2. The van der Waals surface area contributed by atoms with E-state index in [1.807, 2.05) is 0 Å². The molecule has 1 saturated carbocycles. The molecule has 112 valence electrons. The maximum absolute atomic E-state index is 13.3. The molecule has 7 heteroatoms. The van der Waals surface area contributed by atoms with Crippen molar-refractivity contribution in [1.82, 2.24) is 15.1 Å². The number of carbonyl (C=O) groups excluding carboxylic acids is 1. The van der Waals surface area contributed by atoms with Gasteiger partial charge in [0.1, 0.15) is 5.82 Å². The van der Waals surface area contributed by atoms with E-state index >= 15 is 0 Å². The lowest BCUT2D eigenvalue weighted by molar-refractivity contribution is -0.108. The number of carbonyl (C=O) groups is 1. The first-order valence-electron chi connectivity index (χ1n) is 6.64. The normalized spacial score (nSPS) is 17.7. The highest BCUT2D eigenvalue weighted by Crippen LogP contribution is 2.41. The van der Waals surface area contributed by atoms with Crippen molar-refractivity contribution in [2.24, 2.45) is 13.0 Å². The van der Waals surface area contributed by atoms with Gasteiger partial charge in [-0.05, 0) is 24.1 Å². The molecule has 0 bridgehead atoms. The molecule has 1 amide bonds. The van der Waals surface area contributed by atoms with Crippen LogP contribution in [0.15, 0.2) is 18.2 Å². The lowest BCUT2D eigenvalue weighted by Crippen LogP contribution is -2.42. The molecular formula is C14H14F3N3O. The third-order valence-corrected chi connectivity index (χ3v) is 3.75. The number of alkyl halides is 2. The molecule has 3 rings (SSSR count). The van der Waals surface area contributed by atoms with E-state index in [-0.39, 0.29) is 31.0 Å². The van der Waals surface area contributed by atoms with Crippen LogP contribution >= 0.6 is 0 Å². The summed E-state index contributed by atoms with van der Waals surface area (Å²) in [6.45, 7) is 0.182. The van der Waals surface area contributed by atoms with E-state index in [1.54, 1.807) is 13.1 Å². The monoisotopic (exact) mass is 297 g/mol. The first-order valence-corrected chi connectivity index (χ1v) is 6.64. The number of fused-ring (bicyclic) bond motifs is 1. The largest absolute Gasteiger partial charge is 0.350 e. The number of rotatable bonds is 3. The molecule has 0 unspecified atom stereocenters. The quantitative estimate of drug-likeness (QED) is 0.946. The number of nitrogens with one attached hydrogen (secondary N) is 1. The highest BCUT2D eigenvalue weighted by atomic mass is 19.3. The Hall–Kier alpha value is -2.05. The van der Waals surface area contributed by atoms with Crippen LogP contribution in [0.25, 0.3) is 10.9 Å². The van der Waals surface area contributed by atoms with Gasteiger partial charge in [-0.1, -0.05) is 0 Å². The maximum atomic E-state index is 13.3. The summed E-state index contributed by atoms with van der Waals surface area (Å²) < 4.78 is 40.2. The van der Waals surface area contributed by atoms with Gasteiger partial charge in [0.2, 0.25) is 5.92 Å². The first kappa shape index (κ1) is 13.9. The van der Waals surface area contributed by atoms with Crippen LogP contribution in [-0.2, 0) is 7.05 Å². The van der Waals surface area contributed by atoms with Gasteiger partial charge in [-0.2, -0.15) is 5.10 Å². The molecule has 4 nitrogen and oxygen atoms in total. The van der Waals surface area contributed by atoms with Crippen LogP contribution in [0, 0.1) is 11.7 Å². The molecule has 21 heavy (non-hydrogen) atoms. The van der Waals surface area contributed by atoms with Crippen LogP contribution < -0.4 is 5.32 Å². The van der Waals surface area contributed by atoms with Crippen molar-refractivity contribution >= 4 is 16.8 Å². The Labute approximate surface area is 118 Å². The van der Waals surface area contributed by atoms with Gasteiger partial charge < -0.3 is 5.32 Å². The van der Waals surface area contributed by atoms with Crippen LogP contribution in [0.3, 0.4) is 0 Å². The van der Waals surface area contributed by atoms with Crippen molar-refractivity contribution in [3.05, 3.63) is 29.7 Å². The van der Waals surface area contributed by atoms with Crippen molar-refractivity contribution in [2.75, 3.05) is 6.54 Å². The van der Waals surface area contributed by atoms with Gasteiger partial charge in [-0.25, -0.2) is 13.2 Å². The number of halogens is 3. The first-order chi connectivity index (χ1) is 9.85. The number of aromatic nitrogens is 2. The van der Waals surface area contributed by atoms with Crippen LogP contribution in [0.2, 0.25) is 0 Å². The summed E-state index contributed by atoms with van der Waals surface area (Å²) in [5.74, 6) is -3.74. The highest BCUT2D eigenvalue weighted by molar-refractivity contribution is 6.04. The predicted molar refractivity (Wildman–Crippen MR) is 70.7 cm³/mol. The standard InChI is InChI=1S/C14H14F3N3O/c1-20-11-3-2-9(15)4-10(11)12(19-20)13(21)18-7-8-5-14(16,17)6-8/h2-4,8H,5-7H2,1H3,(H,18,21). The van der Waals surface area contributed by atoms with E-state index in [2.05, 4.69) is 10.4 Å². The summed E-state index contributed by atoms with van der Waals surface area (Å²) in [5.41, 5.74) is 0.745. The van der Waals surface area contributed by atoms with Crippen molar-refractivity contribution in [1.29, 1.82) is 0 Å². The van der Waals surface area contributed by atoms with Gasteiger partial charge in [-0.3, -0.25) is 9.48 Å². The van der Waals surface area contributed by atoms with Gasteiger partial charge in [0, 0.05) is 31.8 Å². The van der Waals surface area contributed by atoms with E-state index < -0.39 is 17.6 Å². The Kier molecular flexibility index (Phi) is 3.15. The molecule has 1 aliphatic carbocycles. The zero-order valence-electron chi connectivity index (χ0n) is 11.4. The molecule has 1 aliphatic rings. The van der Waals surface area contributed by atoms with E-state index in [9.17, 15) is 18.0 Å². The average molecular weight is 297 g/mol. The molecule has 0 radical (unpaired) electrons. The Morgan fingerprint density at radius 1 is 1.48 bits per heavy atom. The predicted octanol–water partition coefficient (Wildman–Crippen LogP) is 2.49. The van der Waals surface area contributed by atoms with Gasteiger partial charge >= 0.3 is 0 Å². The summed E-state index contributed by atoms with van der Waals surface area (Å²) in [5, 5.41) is 7.08. The molecule has 0 atom stereocenters. The van der Waals surface area contributed by atoms with Crippen LogP contribution in [0.5, 0.6) is 0 Å². The Morgan fingerprint density at radius 3 is 2.86 bits per heavy atom. The lowest BCUT2D eigenvalue weighted by atomic mass is 9.81. The van der Waals surface area contributed by atoms with Crippen molar-refractivity contribution in [3.63, 3.8) is 0 Å². The fourth-order valence-corrected chi connectivity index (χ4v) is 2.66. The molecule has 2 aromatic rings. The molecule has 1 N–H and O–H groups in total. The summed E-state index contributed by atoms with van der Waals surface area (Å²) in [6, 6.07) is 4.08. The Balaban J connectivity index is 1.74. The number of hydrogen-bond donors (Lipinski definition) is 1. The lowest BCUT2D eigenvalue weighted by Gasteiger charge is -2.34. The SMILES string of the molecule is Cn1nc(C(=O)NCC2CC(F)(F)C2)c2cc(F)ccc21. The maximum Gasteiger partial charge on any atom is 0.272 e. The summed E-state index contributed by atoms with van der Waals surface area (Å²) >= 11 is 0. The van der Waals surface area contributed by atoms with Crippen LogP contribution in [0.4, 0.5) is 13.2 Å². The molecule has 0 saturated heterocycles. The Bertz CT molecular complexity index is 703. The van der Waals surface area contributed by atoms with Crippen LogP contribution in [0.1, 0.15) is 23.3 Å². The Morgan fingerprint density at radius 2 is 2.19 bits per heavy atom. The number of amides is 1. The van der Waals surface area contributed by atoms with Gasteiger partial charge in [0.25, 0.3) is 5.91 Å². The molecule has 1 heterocycles. The molecule has 1 aromatic heterocycles. The van der Waals surface area contributed by atoms with E-state index in [4.69, 9.17) is 0 Å². The molecule has 0 spiro atoms. The molecule has 0 aliphatic heterocycles. The minimum absolute atomic E-state index is 0.109. The second kappa shape index (κ2) is 4.75. The number of hydrogen-bond acceptors (Lipinski definition) is 2. The molecule has 1 aromatic carbocycles. The third-order valence-electron chi connectivity index (χ3n) is 3.75. The zero-order valence-corrected chi connectivity index (χ0v) is 11.4. The topological polar surface area (TPSA) is 46.9 Å². The van der Waals surface area contributed by atoms with Gasteiger partial charge in [0.05, 0.1) is 5.52 Å². The second-order valence-corrected chi connectivity index (χ2v) is 5.47. The number of nitrogens with zero attached hydrogens (tertiary/aromatic N) is 2. The summed E-state index contributed by atoms with van der Waals surface area (Å²) in [4.78, 5) is 12.1. The fourth-order valence-electron chi connectivity index (χ4n) is 2.66. The van der Waals surface area contributed by atoms with E-state index in [0.29, 0.717) is 10.9 Å². The van der Waals surface area contributed by atoms with Crippen molar-refractivity contribution < 1.29 is 18.0 Å². The van der Waals surface area contributed by atoms with E-state index in [1.165, 1.54) is 16.8 Å². The minimum Gasteiger partial charge on any atom is -0.350 e. The second-order valence-electron chi connectivity index (χ2n) is 5.47. The van der Waals surface area contributed by atoms with Gasteiger partial charge in [-0.15, -0.1) is 0 Å². The number of aryl methyl sites for hydroxylation is 1. The smallest absolute Gasteiger partial charge is 0.272 e. The van der Waals surface area contributed by atoms with Gasteiger partial charge in [0.15, 0.2) is 5.69 Å². The highest BCUT2D eigenvalue weighted by Gasteiger charge is 2.45. The summed E-state index contributed by atoms with van der Waals surface area (Å²) in [7, 11) is 1.66. The third kappa shape index (κ3) is 2.59. The van der Waals surface area contributed by atoms with Crippen molar-refractivity contribution in [2.45, 2.75) is 18.8 Å². The average Bonchev–Trinajstić information content (AvgIpc) is 2.70. The summed E-state index contributed by atoms with van der Waals surface area (Å²) in [6.07, 6.45) is -0.407. The molecule has 1 fully saturated rings. The van der Waals surface area contributed by atoms with Crippen molar-refractivity contribution in [3.8, 4) is 0 Å².